The number of hydrogen-bond donors (Lipinski definition) is 1. The van der Waals surface area contributed by atoms with E-state index in [1.165, 1.54) is 0 Å². The average Bonchev–Trinajstić information content (AvgIpc) is 2.22. The highest BCUT2D eigenvalue weighted by molar-refractivity contribution is 7.99. The summed E-state index contributed by atoms with van der Waals surface area (Å²) in [4.78, 5) is 8.46. The van der Waals surface area contributed by atoms with Crippen molar-refractivity contribution in [3.63, 3.8) is 0 Å². The van der Waals surface area contributed by atoms with Crippen LogP contribution in [0.2, 0.25) is 0 Å². The Labute approximate surface area is 95.1 Å². The molecule has 0 aliphatic rings. The zero-order chi connectivity index (χ0) is 11.1. The van der Waals surface area contributed by atoms with E-state index in [0.29, 0.717) is 11.8 Å². The summed E-state index contributed by atoms with van der Waals surface area (Å²) in [5, 5.41) is 4.39. The monoisotopic (exact) mass is 221 g/mol. The van der Waals surface area contributed by atoms with Crippen LogP contribution in [-0.2, 0) is 0 Å². The summed E-state index contributed by atoms with van der Waals surface area (Å²) in [6.07, 6.45) is 8.80. The van der Waals surface area contributed by atoms with Crippen LogP contribution in [0.1, 0.15) is 12.5 Å². The van der Waals surface area contributed by atoms with E-state index >= 15 is 0 Å². The maximum Gasteiger partial charge on any atom is 0.187 e. The van der Waals surface area contributed by atoms with Gasteiger partial charge in [-0.15, -0.1) is 6.42 Å². The second-order valence-corrected chi connectivity index (χ2v) is 4.71. The predicted molar refractivity (Wildman–Crippen MR) is 63.8 cm³/mol. The van der Waals surface area contributed by atoms with Gasteiger partial charge in [-0.2, -0.15) is 0 Å². The fourth-order valence-corrected chi connectivity index (χ4v) is 1.80. The van der Waals surface area contributed by atoms with E-state index in [0.717, 1.165) is 17.3 Å². The molecule has 1 unspecified atom stereocenters. The molecule has 0 amide bonds. The Morgan fingerprint density at radius 1 is 1.53 bits per heavy atom. The number of hydrogen-bond acceptors (Lipinski definition) is 4. The highest BCUT2D eigenvalue weighted by Gasteiger charge is 2.05. The molecule has 4 heteroatoms. The van der Waals surface area contributed by atoms with Crippen LogP contribution in [0.15, 0.2) is 17.6 Å². The third kappa shape index (κ3) is 4.82. The first-order valence-electron chi connectivity index (χ1n) is 4.82. The van der Waals surface area contributed by atoms with E-state index in [9.17, 15) is 0 Å². The highest BCUT2D eigenvalue weighted by Crippen LogP contribution is 2.17. The van der Waals surface area contributed by atoms with E-state index < -0.39 is 0 Å². The molecule has 1 rings (SSSR count). The van der Waals surface area contributed by atoms with Crippen LogP contribution in [0, 0.1) is 19.3 Å². The van der Waals surface area contributed by atoms with Gasteiger partial charge >= 0.3 is 0 Å². The lowest BCUT2D eigenvalue weighted by Crippen LogP contribution is -2.23. The van der Waals surface area contributed by atoms with Gasteiger partial charge in [-0.25, -0.2) is 9.97 Å². The first kappa shape index (κ1) is 12.0. The molecular weight excluding hydrogens is 206 g/mol. The zero-order valence-electron chi connectivity index (χ0n) is 9.03. The summed E-state index contributed by atoms with van der Waals surface area (Å²) < 4.78 is 0. The standard InChI is InChI=1S/C11H15N3S/c1-4-5-12-8-10(3)15-11-13-6-9(2)7-14-11/h1,6-7,10,12H,5,8H2,2-3H3. The van der Waals surface area contributed by atoms with E-state index in [1.54, 1.807) is 11.8 Å². The molecule has 80 valence electrons. The van der Waals surface area contributed by atoms with Gasteiger partial charge in [0.15, 0.2) is 5.16 Å². The van der Waals surface area contributed by atoms with Crippen LogP contribution in [0.4, 0.5) is 0 Å². The third-order valence-electron chi connectivity index (χ3n) is 1.72. The Hall–Kier alpha value is -1.05. The normalized spacial score (nSPS) is 12.1. The maximum absolute atomic E-state index is 5.14. The van der Waals surface area contributed by atoms with Gasteiger partial charge in [0.1, 0.15) is 0 Å². The van der Waals surface area contributed by atoms with E-state index in [4.69, 9.17) is 6.42 Å². The van der Waals surface area contributed by atoms with Crippen molar-refractivity contribution in [2.24, 2.45) is 0 Å². The van der Waals surface area contributed by atoms with Gasteiger partial charge in [0, 0.05) is 24.2 Å². The van der Waals surface area contributed by atoms with Crippen molar-refractivity contribution >= 4 is 11.8 Å². The molecule has 0 bridgehead atoms. The Balaban J connectivity index is 2.34. The Morgan fingerprint density at radius 2 is 2.20 bits per heavy atom. The molecule has 1 atom stereocenters. The molecule has 0 aliphatic heterocycles. The van der Waals surface area contributed by atoms with Crippen molar-refractivity contribution in [2.75, 3.05) is 13.1 Å². The first-order chi connectivity index (χ1) is 7.22. The minimum Gasteiger partial charge on any atom is -0.305 e. The third-order valence-corrected chi connectivity index (χ3v) is 2.71. The van der Waals surface area contributed by atoms with Crippen molar-refractivity contribution < 1.29 is 0 Å². The fourth-order valence-electron chi connectivity index (χ4n) is 1.01. The molecule has 0 fully saturated rings. The summed E-state index contributed by atoms with van der Waals surface area (Å²) >= 11 is 1.65. The number of rotatable bonds is 5. The van der Waals surface area contributed by atoms with Crippen molar-refractivity contribution in [1.82, 2.24) is 15.3 Å². The largest absolute Gasteiger partial charge is 0.305 e. The Morgan fingerprint density at radius 3 is 2.80 bits per heavy atom. The van der Waals surface area contributed by atoms with Crippen molar-refractivity contribution in [1.29, 1.82) is 0 Å². The second-order valence-electron chi connectivity index (χ2n) is 3.31. The minimum atomic E-state index is 0.418. The summed E-state index contributed by atoms with van der Waals surface area (Å²) in [6.45, 7) is 5.58. The molecule has 1 aromatic heterocycles. The molecule has 0 aromatic carbocycles. The molecule has 15 heavy (non-hydrogen) atoms. The molecule has 1 aromatic rings. The van der Waals surface area contributed by atoms with Gasteiger partial charge in [-0.05, 0) is 12.5 Å². The molecule has 0 aliphatic carbocycles. The summed E-state index contributed by atoms with van der Waals surface area (Å²) in [5.41, 5.74) is 1.08. The number of terminal acetylenes is 1. The van der Waals surface area contributed by atoms with Crippen LogP contribution in [0.5, 0.6) is 0 Å². The van der Waals surface area contributed by atoms with Gasteiger partial charge in [-0.1, -0.05) is 24.6 Å². The van der Waals surface area contributed by atoms with Gasteiger partial charge < -0.3 is 5.32 Å². The molecule has 1 heterocycles. The SMILES string of the molecule is C#CCNCC(C)Sc1ncc(C)cn1. The maximum atomic E-state index is 5.14. The smallest absolute Gasteiger partial charge is 0.187 e. The quantitative estimate of drug-likeness (QED) is 0.354. The van der Waals surface area contributed by atoms with Gasteiger partial charge in [0.05, 0.1) is 6.54 Å². The van der Waals surface area contributed by atoms with Gasteiger partial charge in [0.2, 0.25) is 0 Å². The summed E-state index contributed by atoms with van der Waals surface area (Å²) in [6, 6.07) is 0. The first-order valence-corrected chi connectivity index (χ1v) is 5.70. The number of aryl methyl sites for hydroxylation is 1. The molecular formula is C11H15N3S. The van der Waals surface area contributed by atoms with Crippen molar-refractivity contribution in [3.8, 4) is 12.3 Å². The molecule has 0 saturated heterocycles. The van der Waals surface area contributed by atoms with Crippen molar-refractivity contribution in [2.45, 2.75) is 24.3 Å². The average molecular weight is 221 g/mol. The summed E-state index contributed by atoms with van der Waals surface area (Å²) in [5.74, 6) is 2.54. The van der Waals surface area contributed by atoms with Gasteiger partial charge in [0.25, 0.3) is 0 Å². The van der Waals surface area contributed by atoms with Crippen LogP contribution >= 0.6 is 11.8 Å². The fraction of sp³-hybridized carbons (Fsp3) is 0.455. The minimum absolute atomic E-state index is 0.418. The number of aromatic nitrogens is 2. The van der Waals surface area contributed by atoms with E-state index in [2.05, 4.69) is 28.1 Å². The Bertz CT molecular complexity index is 329. The second kappa shape index (κ2) is 6.44. The topological polar surface area (TPSA) is 37.8 Å². The molecule has 0 saturated carbocycles. The van der Waals surface area contributed by atoms with E-state index in [-0.39, 0.29) is 0 Å². The molecule has 0 spiro atoms. The molecule has 3 nitrogen and oxygen atoms in total. The predicted octanol–water partition coefficient (Wildman–Crippen LogP) is 1.49. The lowest BCUT2D eigenvalue weighted by molar-refractivity contribution is 0.745. The van der Waals surface area contributed by atoms with Crippen LogP contribution < -0.4 is 5.32 Å². The van der Waals surface area contributed by atoms with Crippen LogP contribution in [0.3, 0.4) is 0 Å². The van der Waals surface area contributed by atoms with Crippen molar-refractivity contribution in [3.05, 3.63) is 18.0 Å². The van der Waals surface area contributed by atoms with Crippen LogP contribution in [-0.4, -0.2) is 28.3 Å². The highest BCUT2D eigenvalue weighted by atomic mass is 32.2. The molecule has 0 radical (unpaired) electrons. The number of thioether (sulfide) groups is 1. The van der Waals surface area contributed by atoms with E-state index in [1.807, 2.05) is 19.3 Å². The lowest BCUT2D eigenvalue weighted by Gasteiger charge is -2.09. The number of nitrogens with zero attached hydrogens (tertiary/aromatic N) is 2. The number of nitrogens with one attached hydrogen (secondary N) is 1. The van der Waals surface area contributed by atoms with Crippen LogP contribution in [0.25, 0.3) is 0 Å². The zero-order valence-corrected chi connectivity index (χ0v) is 9.84. The summed E-state index contributed by atoms with van der Waals surface area (Å²) in [7, 11) is 0. The Kier molecular flexibility index (Phi) is 5.16. The lowest BCUT2D eigenvalue weighted by atomic mass is 10.4. The van der Waals surface area contributed by atoms with Gasteiger partial charge in [-0.3, -0.25) is 0 Å². The molecule has 1 N–H and O–H groups in total.